The maximum absolute atomic E-state index is 8.34. The zero-order chi connectivity index (χ0) is 7.40. The number of hydrogen-bond donors (Lipinski definition) is 1. The third kappa shape index (κ3) is 2.50. The first-order chi connectivity index (χ1) is 4.86. The molecule has 1 heterocycles. The Morgan fingerprint density at radius 1 is 1.45 bits per heavy atom. The molecule has 0 aliphatic heterocycles. The van der Waals surface area contributed by atoms with Gasteiger partial charge in [0.15, 0.2) is 0 Å². The van der Waals surface area contributed by atoms with E-state index in [0.29, 0.717) is 17.9 Å². The van der Waals surface area contributed by atoms with Crippen LogP contribution in [0.5, 0.6) is 0 Å². The molecule has 1 aromatic heterocycles. The van der Waals surface area contributed by atoms with E-state index in [-0.39, 0.29) is 12.4 Å². The predicted octanol–water partition coefficient (Wildman–Crippen LogP) is 0.229. The van der Waals surface area contributed by atoms with E-state index in [2.05, 4.69) is 9.97 Å². The fourth-order valence-corrected chi connectivity index (χ4v) is 0.518. The van der Waals surface area contributed by atoms with Crippen molar-refractivity contribution in [1.82, 2.24) is 9.97 Å². The first-order valence-corrected chi connectivity index (χ1v) is 2.78. The number of nitrogens with two attached hydrogens (primary N) is 1. The lowest BCUT2D eigenvalue weighted by Gasteiger charge is -1.91. The fraction of sp³-hybridized carbons (Fsp3) is 0.167. The molecular weight excluding hydrogens is 164 g/mol. The van der Waals surface area contributed by atoms with Crippen molar-refractivity contribution >= 4 is 12.4 Å². The van der Waals surface area contributed by atoms with E-state index in [1.807, 2.05) is 6.07 Å². The van der Waals surface area contributed by atoms with Gasteiger partial charge in [-0.05, 0) is 0 Å². The van der Waals surface area contributed by atoms with Gasteiger partial charge in [0.1, 0.15) is 11.9 Å². The Labute approximate surface area is 70.5 Å². The SMILES string of the molecule is Cl.N#Cc1cnc(CN)nc1. The highest BCUT2D eigenvalue weighted by Gasteiger charge is 1.91. The Balaban J connectivity index is 0.000001000. The van der Waals surface area contributed by atoms with Gasteiger partial charge in [0.2, 0.25) is 0 Å². The lowest BCUT2D eigenvalue weighted by atomic mass is 10.4. The van der Waals surface area contributed by atoms with Crippen molar-refractivity contribution in [2.75, 3.05) is 0 Å². The molecule has 1 aromatic rings. The molecule has 0 bridgehead atoms. The maximum atomic E-state index is 8.34. The van der Waals surface area contributed by atoms with Crippen LogP contribution in [0.3, 0.4) is 0 Å². The molecule has 0 aliphatic carbocycles. The molecule has 1 rings (SSSR count). The number of halogens is 1. The molecule has 58 valence electrons. The molecule has 0 aromatic carbocycles. The molecule has 0 amide bonds. The molecule has 4 nitrogen and oxygen atoms in total. The standard InChI is InChI=1S/C6H6N4.ClH/c7-1-5-3-9-6(2-8)10-4-5;/h3-4H,2,8H2;1H. The third-order valence-corrected chi connectivity index (χ3v) is 1.02. The summed E-state index contributed by atoms with van der Waals surface area (Å²) >= 11 is 0. The van der Waals surface area contributed by atoms with Crippen molar-refractivity contribution in [2.45, 2.75) is 6.54 Å². The number of hydrogen-bond acceptors (Lipinski definition) is 4. The van der Waals surface area contributed by atoms with Gasteiger partial charge in [-0.3, -0.25) is 0 Å². The minimum Gasteiger partial charge on any atom is -0.324 e. The minimum atomic E-state index is 0. The summed E-state index contributed by atoms with van der Waals surface area (Å²) in [6.45, 7) is 0.311. The molecule has 2 N–H and O–H groups in total. The van der Waals surface area contributed by atoms with E-state index in [0.717, 1.165) is 0 Å². The smallest absolute Gasteiger partial charge is 0.141 e. The summed E-state index contributed by atoms with van der Waals surface area (Å²) in [7, 11) is 0. The Hall–Kier alpha value is -1.18. The fourth-order valence-electron chi connectivity index (χ4n) is 0.518. The summed E-state index contributed by atoms with van der Waals surface area (Å²) in [5.74, 6) is 0.555. The molecule has 0 atom stereocenters. The van der Waals surface area contributed by atoms with E-state index in [9.17, 15) is 0 Å². The molecule has 0 saturated carbocycles. The van der Waals surface area contributed by atoms with Crippen LogP contribution in [-0.4, -0.2) is 9.97 Å². The van der Waals surface area contributed by atoms with Gasteiger partial charge in [-0.1, -0.05) is 0 Å². The van der Waals surface area contributed by atoms with E-state index >= 15 is 0 Å². The molecule has 0 radical (unpaired) electrons. The number of nitriles is 1. The number of aromatic nitrogens is 2. The lowest BCUT2D eigenvalue weighted by Crippen LogP contribution is -2.02. The van der Waals surface area contributed by atoms with Crippen LogP contribution in [0.2, 0.25) is 0 Å². The lowest BCUT2D eigenvalue weighted by molar-refractivity contribution is 0.905. The summed E-state index contributed by atoms with van der Waals surface area (Å²) in [5.41, 5.74) is 5.69. The molecule has 0 spiro atoms. The average Bonchev–Trinajstić information content (AvgIpc) is 2.05. The summed E-state index contributed by atoms with van der Waals surface area (Å²) in [6.07, 6.45) is 2.91. The Morgan fingerprint density at radius 3 is 2.36 bits per heavy atom. The summed E-state index contributed by atoms with van der Waals surface area (Å²) < 4.78 is 0. The zero-order valence-electron chi connectivity index (χ0n) is 5.69. The molecule has 0 unspecified atom stereocenters. The van der Waals surface area contributed by atoms with Gasteiger partial charge in [-0.15, -0.1) is 12.4 Å². The van der Waals surface area contributed by atoms with Crippen molar-refractivity contribution in [1.29, 1.82) is 5.26 Å². The van der Waals surface area contributed by atoms with Gasteiger partial charge >= 0.3 is 0 Å². The van der Waals surface area contributed by atoms with Crippen LogP contribution in [0.15, 0.2) is 12.4 Å². The van der Waals surface area contributed by atoms with Crippen molar-refractivity contribution < 1.29 is 0 Å². The predicted molar refractivity (Wildman–Crippen MR) is 41.9 cm³/mol. The van der Waals surface area contributed by atoms with Crippen molar-refractivity contribution in [3.8, 4) is 6.07 Å². The van der Waals surface area contributed by atoms with Gasteiger partial charge in [0.25, 0.3) is 0 Å². The van der Waals surface area contributed by atoms with Crippen LogP contribution < -0.4 is 5.73 Å². The van der Waals surface area contributed by atoms with Crippen molar-refractivity contribution in [3.63, 3.8) is 0 Å². The summed E-state index contributed by atoms with van der Waals surface area (Å²) in [4.78, 5) is 7.62. The highest BCUT2D eigenvalue weighted by atomic mass is 35.5. The minimum absolute atomic E-state index is 0. The quantitative estimate of drug-likeness (QED) is 0.655. The topological polar surface area (TPSA) is 75.6 Å². The molecule has 0 saturated heterocycles. The zero-order valence-corrected chi connectivity index (χ0v) is 6.51. The van der Waals surface area contributed by atoms with E-state index < -0.39 is 0 Å². The Kier molecular flexibility index (Phi) is 4.11. The second-order valence-electron chi connectivity index (χ2n) is 1.70. The Bertz CT molecular complexity index is 250. The number of rotatable bonds is 1. The van der Waals surface area contributed by atoms with E-state index in [1.54, 1.807) is 0 Å². The van der Waals surface area contributed by atoms with E-state index in [4.69, 9.17) is 11.0 Å². The molecule has 5 heteroatoms. The highest BCUT2D eigenvalue weighted by molar-refractivity contribution is 5.85. The third-order valence-electron chi connectivity index (χ3n) is 1.02. The van der Waals surface area contributed by atoms with Crippen LogP contribution in [0, 0.1) is 11.3 Å². The van der Waals surface area contributed by atoms with Gasteiger partial charge in [-0.25, -0.2) is 9.97 Å². The summed E-state index contributed by atoms with van der Waals surface area (Å²) in [6, 6.07) is 1.91. The van der Waals surface area contributed by atoms with Crippen molar-refractivity contribution in [3.05, 3.63) is 23.8 Å². The second kappa shape index (κ2) is 4.61. The van der Waals surface area contributed by atoms with Crippen LogP contribution in [0.1, 0.15) is 11.4 Å². The van der Waals surface area contributed by atoms with Gasteiger partial charge < -0.3 is 5.73 Å². The Morgan fingerprint density at radius 2 is 2.00 bits per heavy atom. The molecule has 11 heavy (non-hydrogen) atoms. The van der Waals surface area contributed by atoms with Crippen LogP contribution in [0.25, 0.3) is 0 Å². The largest absolute Gasteiger partial charge is 0.324 e. The maximum Gasteiger partial charge on any atom is 0.141 e. The van der Waals surface area contributed by atoms with Crippen molar-refractivity contribution in [2.24, 2.45) is 5.73 Å². The van der Waals surface area contributed by atoms with Gasteiger partial charge in [0.05, 0.1) is 12.1 Å². The highest BCUT2D eigenvalue weighted by Crippen LogP contribution is 1.91. The van der Waals surface area contributed by atoms with Crippen LogP contribution in [0.4, 0.5) is 0 Å². The number of nitrogens with zero attached hydrogens (tertiary/aromatic N) is 3. The molecule has 0 fully saturated rings. The monoisotopic (exact) mass is 170 g/mol. The summed E-state index contributed by atoms with van der Waals surface area (Å²) in [5, 5.41) is 8.34. The van der Waals surface area contributed by atoms with Crippen LogP contribution >= 0.6 is 12.4 Å². The molecule has 0 aliphatic rings. The van der Waals surface area contributed by atoms with E-state index in [1.165, 1.54) is 12.4 Å². The second-order valence-corrected chi connectivity index (χ2v) is 1.70. The first kappa shape index (κ1) is 9.82. The average molecular weight is 171 g/mol. The van der Waals surface area contributed by atoms with Gasteiger partial charge in [0, 0.05) is 12.4 Å². The van der Waals surface area contributed by atoms with Crippen LogP contribution in [-0.2, 0) is 6.54 Å². The first-order valence-electron chi connectivity index (χ1n) is 2.78. The normalized spacial score (nSPS) is 8.00. The van der Waals surface area contributed by atoms with Gasteiger partial charge in [-0.2, -0.15) is 5.26 Å². The molecular formula is C6H7ClN4.